The summed E-state index contributed by atoms with van der Waals surface area (Å²) in [4.78, 5) is 25.6. The highest BCUT2D eigenvalue weighted by molar-refractivity contribution is 9.10. The zero-order chi connectivity index (χ0) is 16.1. The Hall–Kier alpha value is -2.08. The minimum absolute atomic E-state index is 0.0530. The molecule has 6 heteroatoms. The predicted molar refractivity (Wildman–Crippen MR) is 84.2 cm³/mol. The highest BCUT2D eigenvalue weighted by atomic mass is 79.9. The Kier molecular flexibility index (Phi) is 5.38. The first-order valence-electron chi connectivity index (χ1n) is 6.72. The molecule has 0 bridgehead atoms. The van der Waals surface area contributed by atoms with Crippen molar-refractivity contribution < 1.29 is 18.7 Å². The summed E-state index contributed by atoms with van der Waals surface area (Å²) in [6.07, 6.45) is -0.884. The first-order valence-corrected chi connectivity index (χ1v) is 7.52. The molecule has 116 valence electrons. The van der Waals surface area contributed by atoms with E-state index in [2.05, 4.69) is 15.9 Å². The molecule has 0 N–H and O–H groups in total. The van der Waals surface area contributed by atoms with Crippen LogP contribution in [0.15, 0.2) is 51.6 Å². The number of carbonyl (C=O) groups excluding carboxylic acids is 2. The first-order chi connectivity index (χ1) is 10.5. The number of benzene rings is 1. The number of hydrogen-bond donors (Lipinski definition) is 0. The number of carbonyl (C=O) groups is 2. The third kappa shape index (κ3) is 4.21. The Morgan fingerprint density at radius 3 is 2.50 bits per heavy atom. The van der Waals surface area contributed by atoms with Gasteiger partial charge in [-0.3, -0.25) is 4.79 Å². The van der Waals surface area contributed by atoms with Crippen LogP contribution in [-0.4, -0.2) is 29.9 Å². The number of esters is 1. The van der Waals surface area contributed by atoms with Crippen LogP contribution in [0.1, 0.15) is 23.0 Å². The number of amides is 1. The second-order valence-electron chi connectivity index (χ2n) is 4.83. The van der Waals surface area contributed by atoms with E-state index in [9.17, 15) is 9.59 Å². The largest absolute Gasteiger partial charge is 0.447 e. The topological polar surface area (TPSA) is 59.8 Å². The van der Waals surface area contributed by atoms with Gasteiger partial charge in [0.15, 0.2) is 10.8 Å². The van der Waals surface area contributed by atoms with Crippen molar-refractivity contribution in [3.63, 3.8) is 0 Å². The molecule has 0 saturated carbocycles. The van der Waals surface area contributed by atoms with E-state index in [1.807, 2.05) is 30.3 Å². The fourth-order valence-corrected chi connectivity index (χ4v) is 2.25. The molecule has 0 radical (unpaired) electrons. The third-order valence-electron chi connectivity index (χ3n) is 3.04. The van der Waals surface area contributed by atoms with Crippen molar-refractivity contribution in [1.29, 1.82) is 0 Å². The van der Waals surface area contributed by atoms with E-state index in [0.717, 1.165) is 5.56 Å². The standard InChI is InChI=1S/C16H16BrNO4/c1-11(21-16(20)13-8-9-14(17)22-13)15(19)18(2)10-12-6-4-3-5-7-12/h3-9,11H,10H2,1-2H3/t11-/m0/s1. The SMILES string of the molecule is C[C@H](OC(=O)c1ccc(Br)o1)C(=O)N(C)Cc1ccccc1. The quantitative estimate of drug-likeness (QED) is 0.763. The highest BCUT2D eigenvalue weighted by Crippen LogP contribution is 2.16. The Balaban J connectivity index is 1.92. The van der Waals surface area contributed by atoms with E-state index < -0.39 is 12.1 Å². The van der Waals surface area contributed by atoms with Crippen LogP contribution in [0.4, 0.5) is 0 Å². The molecule has 22 heavy (non-hydrogen) atoms. The van der Waals surface area contributed by atoms with Crippen LogP contribution in [0.2, 0.25) is 0 Å². The lowest BCUT2D eigenvalue weighted by Crippen LogP contribution is -2.37. The second-order valence-corrected chi connectivity index (χ2v) is 5.61. The van der Waals surface area contributed by atoms with Gasteiger partial charge in [-0.2, -0.15) is 0 Å². The molecule has 1 heterocycles. The Labute approximate surface area is 137 Å². The number of nitrogens with zero attached hydrogens (tertiary/aromatic N) is 1. The highest BCUT2D eigenvalue weighted by Gasteiger charge is 2.23. The predicted octanol–water partition coefficient (Wildman–Crippen LogP) is 3.25. The Bertz CT molecular complexity index is 653. The lowest BCUT2D eigenvalue weighted by Gasteiger charge is -2.21. The fourth-order valence-electron chi connectivity index (χ4n) is 1.94. The van der Waals surface area contributed by atoms with E-state index >= 15 is 0 Å². The molecule has 1 atom stereocenters. The van der Waals surface area contributed by atoms with E-state index in [4.69, 9.17) is 9.15 Å². The summed E-state index contributed by atoms with van der Waals surface area (Å²) in [6.45, 7) is 1.99. The van der Waals surface area contributed by atoms with E-state index in [0.29, 0.717) is 11.2 Å². The molecule has 1 aromatic heterocycles. The molecule has 0 aliphatic rings. The third-order valence-corrected chi connectivity index (χ3v) is 3.47. The smallest absolute Gasteiger partial charge is 0.375 e. The number of ether oxygens (including phenoxy) is 1. The van der Waals surface area contributed by atoms with Gasteiger partial charge in [-0.15, -0.1) is 0 Å². The molecular weight excluding hydrogens is 350 g/mol. The van der Waals surface area contributed by atoms with Crippen LogP contribution in [0.3, 0.4) is 0 Å². The van der Waals surface area contributed by atoms with Crippen molar-refractivity contribution in [3.8, 4) is 0 Å². The lowest BCUT2D eigenvalue weighted by molar-refractivity contribution is -0.139. The minimum atomic E-state index is -0.884. The van der Waals surface area contributed by atoms with Crippen molar-refractivity contribution in [2.75, 3.05) is 7.05 Å². The number of furan rings is 1. The Morgan fingerprint density at radius 2 is 1.91 bits per heavy atom. The van der Waals surface area contributed by atoms with Gasteiger partial charge in [-0.1, -0.05) is 30.3 Å². The van der Waals surface area contributed by atoms with Crippen LogP contribution in [-0.2, 0) is 16.1 Å². The number of likely N-dealkylation sites (N-methyl/N-ethyl adjacent to an activating group) is 1. The van der Waals surface area contributed by atoms with Crippen LogP contribution in [0.25, 0.3) is 0 Å². The van der Waals surface area contributed by atoms with Gasteiger partial charge in [-0.25, -0.2) is 4.79 Å². The monoisotopic (exact) mass is 365 g/mol. The molecule has 0 saturated heterocycles. The van der Waals surface area contributed by atoms with Gasteiger partial charge >= 0.3 is 5.97 Å². The summed E-state index contributed by atoms with van der Waals surface area (Å²) < 4.78 is 10.7. The minimum Gasteiger partial charge on any atom is -0.447 e. The number of hydrogen-bond acceptors (Lipinski definition) is 4. The zero-order valence-corrected chi connectivity index (χ0v) is 13.9. The van der Waals surface area contributed by atoms with Crippen LogP contribution in [0, 0.1) is 0 Å². The van der Waals surface area contributed by atoms with Crippen molar-refractivity contribution in [2.45, 2.75) is 19.6 Å². The summed E-state index contributed by atoms with van der Waals surface area (Å²) in [5.41, 5.74) is 1.01. The maximum atomic E-state index is 12.2. The molecule has 0 unspecified atom stereocenters. The maximum absolute atomic E-state index is 12.2. The van der Waals surface area contributed by atoms with Crippen LogP contribution in [0.5, 0.6) is 0 Å². The first kappa shape index (κ1) is 16.3. The molecule has 5 nitrogen and oxygen atoms in total. The molecule has 0 spiro atoms. The average molecular weight is 366 g/mol. The van der Waals surface area contributed by atoms with Gasteiger partial charge in [0.25, 0.3) is 5.91 Å². The van der Waals surface area contributed by atoms with Crippen molar-refractivity contribution in [2.24, 2.45) is 0 Å². The van der Waals surface area contributed by atoms with Crippen LogP contribution >= 0.6 is 15.9 Å². The molecule has 2 rings (SSSR count). The van der Waals surface area contributed by atoms with E-state index in [1.54, 1.807) is 20.0 Å². The second kappa shape index (κ2) is 7.26. The normalized spacial score (nSPS) is 11.8. The average Bonchev–Trinajstić information content (AvgIpc) is 2.94. The lowest BCUT2D eigenvalue weighted by atomic mass is 10.2. The molecule has 1 amide bonds. The van der Waals surface area contributed by atoms with Gasteiger partial charge in [0.2, 0.25) is 5.76 Å². The van der Waals surface area contributed by atoms with Gasteiger partial charge in [-0.05, 0) is 40.5 Å². The van der Waals surface area contributed by atoms with Crippen molar-refractivity contribution in [3.05, 3.63) is 58.5 Å². The number of halogens is 1. The summed E-state index contributed by atoms with van der Waals surface area (Å²) >= 11 is 3.11. The Morgan fingerprint density at radius 1 is 1.23 bits per heavy atom. The maximum Gasteiger partial charge on any atom is 0.375 e. The molecule has 1 aromatic carbocycles. The van der Waals surface area contributed by atoms with Gasteiger partial charge in [0, 0.05) is 13.6 Å². The summed E-state index contributed by atoms with van der Waals surface area (Å²) in [6, 6.07) is 12.7. The fraction of sp³-hybridized carbons (Fsp3) is 0.250. The van der Waals surface area contributed by atoms with Gasteiger partial charge in [0.1, 0.15) is 0 Å². The molecule has 0 fully saturated rings. The molecule has 0 aliphatic heterocycles. The van der Waals surface area contributed by atoms with E-state index in [1.165, 1.54) is 11.0 Å². The molecular formula is C16H16BrNO4. The van der Waals surface area contributed by atoms with Crippen molar-refractivity contribution >= 4 is 27.8 Å². The summed E-state index contributed by atoms with van der Waals surface area (Å²) in [5, 5.41) is 0. The summed E-state index contributed by atoms with van der Waals surface area (Å²) in [5.74, 6) is -0.889. The van der Waals surface area contributed by atoms with Gasteiger partial charge in [0.05, 0.1) is 0 Å². The van der Waals surface area contributed by atoms with Gasteiger partial charge < -0.3 is 14.1 Å². The van der Waals surface area contributed by atoms with Crippen LogP contribution < -0.4 is 0 Å². The summed E-state index contributed by atoms with van der Waals surface area (Å²) in [7, 11) is 1.67. The molecule has 0 aliphatic carbocycles. The van der Waals surface area contributed by atoms with Crippen molar-refractivity contribution in [1.82, 2.24) is 4.90 Å². The molecule has 2 aromatic rings. The number of rotatable bonds is 5. The van der Waals surface area contributed by atoms with E-state index in [-0.39, 0.29) is 11.7 Å². The zero-order valence-electron chi connectivity index (χ0n) is 12.3.